The molecule has 0 saturated heterocycles. The SMILES string of the molecule is CC(C)(C)[Si](C)(C)Oc1cc2ncccc2s1. The topological polar surface area (TPSA) is 22.1 Å². The maximum Gasteiger partial charge on any atom is 0.251 e. The number of rotatable bonds is 2. The number of hydrogen-bond acceptors (Lipinski definition) is 3. The van der Waals surface area contributed by atoms with E-state index < -0.39 is 8.32 Å². The highest BCUT2D eigenvalue weighted by atomic mass is 32.1. The van der Waals surface area contributed by atoms with Crippen molar-refractivity contribution in [2.45, 2.75) is 38.9 Å². The Morgan fingerprint density at radius 1 is 1.29 bits per heavy atom. The van der Waals surface area contributed by atoms with Gasteiger partial charge in [-0.15, -0.1) is 0 Å². The van der Waals surface area contributed by atoms with Crippen molar-refractivity contribution in [1.82, 2.24) is 4.98 Å². The Morgan fingerprint density at radius 3 is 2.59 bits per heavy atom. The van der Waals surface area contributed by atoms with Crippen LogP contribution in [0.2, 0.25) is 18.1 Å². The van der Waals surface area contributed by atoms with Crippen molar-refractivity contribution >= 4 is 29.9 Å². The number of hydrogen-bond donors (Lipinski definition) is 0. The number of aromatic nitrogens is 1. The molecule has 0 atom stereocenters. The molecule has 0 unspecified atom stereocenters. The molecule has 0 spiro atoms. The zero-order valence-corrected chi connectivity index (χ0v) is 12.9. The number of fused-ring (bicyclic) bond motifs is 1. The van der Waals surface area contributed by atoms with Crippen LogP contribution in [-0.2, 0) is 0 Å². The van der Waals surface area contributed by atoms with Gasteiger partial charge in [-0.3, -0.25) is 4.98 Å². The van der Waals surface area contributed by atoms with E-state index in [9.17, 15) is 0 Å². The first-order valence-electron chi connectivity index (χ1n) is 5.83. The molecule has 0 N–H and O–H groups in total. The standard InChI is InChI=1S/C13H19NOSSi/c1-13(2,3)17(4,5)15-12-9-10-11(16-12)7-6-8-14-10/h6-9H,1-5H3. The summed E-state index contributed by atoms with van der Waals surface area (Å²) in [6.45, 7) is 11.3. The lowest BCUT2D eigenvalue weighted by Crippen LogP contribution is -2.43. The minimum absolute atomic E-state index is 0.233. The van der Waals surface area contributed by atoms with E-state index in [2.05, 4.69) is 51.0 Å². The molecular weight excluding hydrogens is 246 g/mol. The van der Waals surface area contributed by atoms with Crippen LogP contribution in [0.3, 0.4) is 0 Å². The van der Waals surface area contributed by atoms with E-state index >= 15 is 0 Å². The van der Waals surface area contributed by atoms with Crippen LogP contribution >= 0.6 is 11.3 Å². The Labute approximate surface area is 108 Å². The zero-order valence-electron chi connectivity index (χ0n) is 11.1. The van der Waals surface area contributed by atoms with Crippen LogP contribution < -0.4 is 4.43 Å². The van der Waals surface area contributed by atoms with Crippen molar-refractivity contribution in [3.8, 4) is 5.06 Å². The Morgan fingerprint density at radius 2 is 2.00 bits per heavy atom. The first kappa shape index (κ1) is 12.6. The van der Waals surface area contributed by atoms with Crippen LogP contribution in [0.25, 0.3) is 10.2 Å². The average Bonchev–Trinajstić information content (AvgIpc) is 2.56. The van der Waals surface area contributed by atoms with Crippen LogP contribution in [0.15, 0.2) is 24.4 Å². The Hall–Kier alpha value is -0.873. The van der Waals surface area contributed by atoms with Crippen LogP contribution in [0.4, 0.5) is 0 Å². The van der Waals surface area contributed by atoms with Crippen molar-refractivity contribution in [3.63, 3.8) is 0 Å². The molecule has 92 valence electrons. The smallest absolute Gasteiger partial charge is 0.251 e. The molecule has 2 rings (SSSR count). The van der Waals surface area contributed by atoms with Crippen molar-refractivity contribution in [2.75, 3.05) is 0 Å². The van der Waals surface area contributed by atoms with Gasteiger partial charge in [0.1, 0.15) is 0 Å². The molecule has 0 aliphatic heterocycles. The molecule has 17 heavy (non-hydrogen) atoms. The van der Waals surface area contributed by atoms with E-state index in [1.807, 2.05) is 12.3 Å². The highest BCUT2D eigenvalue weighted by molar-refractivity contribution is 7.21. The van der Waals surface area contributed by atoms with Gasteiger partial charge in [0, 0.05) is 12.3 Å². The van der Waals surface area contributed by atoms with E-state index in [-0.39, 0.29) is 5.04 Å². The van der Waals surface area contributed by atoms with E-state index in [1.54, 1.807) is 11.3 Å². The van der Waals surface area contributed by atoms with E-state index in [4.69, 9.17) is 4.43 Å². The molecule has 2 aromatic heterocycles. The number of nitrogens with zero attached hydrogens (tertiary/aromatic N) is 1. The third-order valence-electron chi connectivity index (χ3n) is 3.43. The van der Waals surface area contributed by atoms with Crippen molar-refractivity contribution in [2.24, 2.45) is 0 Å². The lowest BCUT2D eigenvalue weighted by molar-refractivity contribution is 0.503. The molecule has 0 aliphatic rings. The third kappa shape index (κ3) is 2.53. The van der Waals surface area contributed by atoms with Gasteiger partial charge in [-0.05, 0) is 30.3 Å². The Bertz CT molecular complexity index is 494. The fraction of sp³-hybridized carbons (Fsp3) is 0.462. The van der Waals surface area contributed by atoms with Gasteiger partial charge in [0.25, 0.3) is 8.32 Å². The Balaban J connectivity index is 2.30. The number of thiophene rings is 1. The second-order valence-corrected chi connectivity index (χ2v) is 11.6. The molecule has 2 nitrogen and oxygen atoms in total. The molecule has 0 saturated carbocycles. The summed E-state index contributed by atoms with van der Waals surface area (Å²) in [7, 11) is -1.73. The highest BCUT2D eigenvalue weighted by Gasteiger charge is 2.39. The van der Waals surface area contributed by atoms with Crippen molar-refractivity contribution in [3.05, 3.63) is 24.4 Å². The van der Waals surface area contributed by atoms with E-state index in [0.29, 0.717) is 0 Å². The first-order valence-corrected chi connectivity index (χ1v) is 9.56. The summed E-state index contributed by atoms with van der Waals surface area (Å²) in [5.41, 5.74) is 1.03. The highest BCUT2D eigenvalue weighted by Crippen LogP contribution is 2.40. The number of pyridine rings is 1. The maximum absolute atomic E-state index is 6.27. The minimum Gasteiger partial charge on any atom is -0.536 e. The third-order valence-corrected chi connectivity index (χ3v) is 8.88. The largest absolute Gasteiger partial charge is 0.536 e. The fourth-order valence-corrected chi connectivity index (χ4v) is 3.71. The lowest BCUT2D eigenvalue weighted by atomic mass is 10.2. The average molecular weight is 265 g/mol. The van der Waals surface area contributed by atoms with Crippen LogP contribution in [0.5, 0.6) is 5.06 Å². The van der Waals surface area contributed by atoms with Crippen molar-refractivity contribution in [1.29, 1.82) is 0 Å². The van der Waals surface area contributed by atoms with Crippen LogP contribution in [-0.4, -0.2) is 13.3 Å². The fourth-order valence-electron chi connectivity index (χ4n) is 1.30. The molecule has 0 aromatic carbocycles. The summed E-state index contributed by atoms with van der Waals surface area (Å²) in [6, 6.07) is 6.11. The molecule has 0 aliphatic carbocycles. The predicted molar refractivity (Wildman–Crippen MR) is 77.4 cm³/mol. The summed E-state index contributed by atoms with van der Waals surface area (Å²) in [5.74, 6) is 0. The summed E-state index contributed by atoms with van der Waals surface area (Å²) in [5, 5.41) is 1.24. The van der Waals surface area contributed by atoms with Gasteiger partial charge >= 0.3 is 0 Å². The summed E-state index contributed by atoms with van der Waals surface area (Å²) in [4.78, 5) is 4.34. The van der Waals surface area contributed by atoms with Crippen LogP contribution in [0.1, 0.15) is 20.8 Å². The van der Waals surface area contributed by atoms with Gasteiger partial charge in [-0.2, -0.15) is 0 Å². The first-order chi connectivity index (χ1) is 7.79. The second-order valence-electron chi connectivity index (χ2n) is 5.81. The van der Waals surface area contributed by atoms with E-state index in [0.717, 1.165) is 10.6 Å². The van der Waals surface area contributed by atoms with Gasteiger partial charge < -0.3 is 4.43 Å². The molecule has 0 radical (unpaired) electrons. The zero-order chi connectivity index (χ0) is 12.7. The molecule has 0 amide bonds. The molecule has 2 heterocycles. The lowest BCUT2D eigenvalue weighted by Gasteiger charge is -2.35. The van der Waals surface area contributed by atoms with Gasteiger partial charge in [-0.1, -0.05) is 32.1 Å². The van der Waals surface area contributed by atoms with Crippen molar-refractivity contribution < 1.29 is 4.43 Å². The summed E-state index contributed by atoms with van der Waals surface area (Å²) >= 11 is 1.69. The van der Waals surface area contributed by atoms with Gasteiger partial charge in [0.15, 0.2) is 5.06 Å². The monoisotopic (exact) mass is 265 g/mol. The Kier molecular flexibility index (Phi) is 3.04. The van der Waals surface area contributed by atoms with Gasteiger partial charge in [0.05, 0.1) is 10.2 Å². The maximum atomic E-state index is 6.27. The minimum atomic E-state index is -1.73. The van der Waals surface area contributed by atoms with Gasteiger partial charge in [0.2, 0.25) is 0 Å². The molecule has 0 bridgehead atoms. The molecule has 4 heteroatoms. The van der Waals surface area contributed by atoms with Gasteiger partial charge in [-0.25, -0.2) is 0 Å². The van der Waals surface area contributed by atoms with Crippen LogP contribution in [0, 0.1) is 0 Å². The second kappa shape index (κ2) is 4.10. The molecular formula is C13H19NOSSi. The molecule has 0 fully saturated rings. The normalized spacial score (nSPS) is 13.0. The summed E-state index contributed by atoms with van der Waals surface area (Å²) < 4.78 is 7.46. The molecule has 2 aromatic rings. The predicted octanol–water partition coefficient (Wildman–Crippen LogP) is 4.68. The summed E-state index contributed by atoms with van der Waals surface area (Å²) in [6.07, 6.45) is 1.82. The van der Waals surface area contributed by atoms with E-state index in [1.165, 1.54) is 4.70 Å². The quantitative estimate of drug-likeness (QED) is 0.735.